The molecule has 1 saturated carbocycles. The minimum atomic E-state index is -0.860. The van der Waals surface area contributed by atoms with Gasteiger partial charge in [-0.15, -0.1) is 0 Å². The molecule has 2 unspecified atom stereocenters. The third-order valence-electron chi connectivity index (χ3n) is 4.71. The van der Waals surface area contributed by atoms with E-state index in [0.717, 1.165) is 18.8 Å². The second-order valence-electron chi connectivity index (χ2n) is 7.56. The SMILES string of the molecule is C=CC(=O)OCCCCCCCC(C)C.O=C(O)C1CCCC(C(=O)O)C1. The van der Waals surface area contributed by atoms with Crippen LogP contribution in [0.5, 0.6) is 0 Å². The lowest BCUT2D eigenvalue weighted by Crippen LogP contribution is -2.26. The molecule has 27 heavy (non-hydrogen) atoms. The second-order valence-corrected chi connectivity index (χ2v) is 7.56. The van der Waals surface area contributed by atoms with Gasteiger partial charge < -0.3 is 14.9 Å². The molecule has 0 radical (unpaired) electrons. The maximum absolute atomic E-state index is 10.7. The van der Waals surface area contributed by atoms with Gasteiger partial charge in [0.15, 0.2) is 0 Å². The van der Waals surface area contributed by atoms with Gasteiger partial charge in [-0.05, 0) is 31.6 Å². The zero-order valence-corrected chi connectivity index (χ0v) is 16.8. The van der Waals surface area contributed by atoms with Crippen LogP contribution in [0.2, 0.25) is 0 Å². The van der Waals surface area contributed by atoms with Crippen molar-refractivity contribution in [1.29, 1.82) is 0 Å². The number of carboxylic acid groups (broad SMARTS) is 2. The van der Waals surface area contributed by atoms with Crippen LogP contribution < -0.4 is 0 Å². The Kier molecular flexibility index (Phi) is 14.2. The highest BCUT2D eigenvalue weighted by Gasteiger charge is 2.30. The molecule has 1 aliphatic rings. The summed E-state index contributed by atoms with van der Waals surface area (Å²) >= 11 is 0. The Hall–Kier alpha value is -1.85. The number of carbonyl (C=O) groups excluding carboxylic acids is 1. The van der Waals surface area contributed by atoms with Gasteiger partial charge in [0.1, 0.15) is 0 Å². The molecular formula is C21H36O6. The predicted molar refractivity (Wildman–Crippen MR) is 104 cm³/mol. The van der Waals surface area contributed by atoms with E-state index in [0.29, 0.717) is 32.3 Å². The summed E-state index contributed by atoms with van der Waals surface area (Å²) in [4.78, 5) is 31.7. The van der Waals surface area contributed by atoms with Crippen LogP contribution in [0.3, 0.4) is 0 Å². The number of unbranched alkanes of at least 4 members (excludes halogenated alkanes) is 4. The van der Waals surface area contributed by atoms with Crippen LogP contribution in [0.15, 0.2) is 12.7 Å². The molecule has 0 bridgehead atoms. The summed E-state index contributed by atoms with van der Waals surface area (Å²) in [6.07, 6.45) is 10.8. The summed E-state index contributed by atoms with van der Waals surface area (Å²) in [6.45, 7) is 8.40. The number of esters is 1. The van der Waals surface area contributed by atoms with Crippen molar-refractivity contribution in [2.45, 2.75) is 78.1 Å². The Balaban J connectivity index is 0.000000511. The summed E-state index contributed by atoms with van der Waals surface area (Å²) in [5.74, 6) is -2.10. The third-order valence-corrected chi connectivity index (χ3v) is 4.71. The number of ether oxygens (including phenoxy) is 1. The maximum atomic E-state index is 10.7. The Morgan fingerprint density at radius 3 is 2.00 bits per heavy atom. The Bertz CT molecular complexity index is 438. The molecule has 1 rings (SSSR count). The van der Waals surface area contributed by atoms with Gasteiger partial charge in [0.25, 0.3) is 0 Å². The summed E-state index contributed by atoms with van der Waals surface area (Å²) in [7, 11) is 0. The highest BCUT2D eigenvalue weighted by molar-refractivity contribution is 5.81. The van der Waals surface area contributed by atoms with Gasteiger partial charge in [-0.3, -0.25) is 9.59 Å². The van der Waals surface area contributed by atoms with E-state index in [-0.39, 0.29) is 5.97 Å². The average Bonchev–Trinajstić information content (AvgIpc) is 2.64. The van der Waals surface area contributed by atoms with E-state index in [9.17, 15) is 14.4 Å². The lowest BCUT2D eigenvalue weighted by atomic mass is 9.81. The lowest BCUT2D eigenvalue weighted by molar-refractivity contribution is -0.148. The van der Waals surface area contributed by atoms with Crippen LogP contribution >= 0.6 is 0 Å². The van der Waals surface area contributed by atoms with Crippen molar-refractivity contribution in [2.75, 3.05) is 6.61 Å². The summed E-state index contributed by atoms with van der Waals surface area (Å²) < 4.78 is 4.88. The normalized spacial score (nSPS) is 18.9. The van der Waals surface area contributed by atoms with E-state index in [2.05, 4.69) is 20.4 Å². The van der Waals surface area contributed by atoms with Crippen LogP contribution in [0.25, 0.3) is 0 Å². The van der Waals surface area contributed by atoms with E-state index in [1.165, 1.54) is 31.8 Å². The highest BCUT2D eigenvalue weighted by atomic mass is 16.5. The average molecular weight is 385 g/mol. The molecule has 0 spiro atoms. The topological polar surface area (TPSA) is 101 Å². The fourth-order valence-electron chi connectivity index (χ4n) is 3.06. The van der Waals surface area contributed by atoms with E-state index < -0.39 is 23.8 Å². The van der Waals surface area contributed by atoms with Gasteiger partial charge in [0, 0.05) is 6.08 Å². The fourth-order valence-corrected chi connectivity index (χ4v) is 3.06. The Morgan fingerprint density at radius 2 is 1.52 bits per heavy atom. The zero-order chi connectivity index (χ0) is 20.7. The van der Waals surface area contributed by atoms with Gasteiger partial charge in [0.2, 0.25) is 0 Å². The van der Waals surface area contributed by atoms with E-state index in [1.54, 1.807) is 0 Å². The largest absolute Gasteiger partial charge is 0.481 e. The van der Waals surface area contributed by atoms with Crippen LogP contribution in [-0.4, -0.2) is 34.7 Å². The van der Waals surface area contributed by atoms with Gasteiger partial charge in [-0.2, -0.15) is 0 Å². The van der Waals surface area contributed by atoms with Crippen molar-refractivity contribution in [3.63, 3.8) is 0 Å². The second kappa shape index (κ2) is 15.2. The zero-order valence-electron chi connectivity index (χ0n) is 16.8. The molecule has 2 N–H and O–H groups in total. The summed E-state index contributed by atoms with van der Waals surface area (Å²) in [5.41, 5.74) is 0. The first-order valence-electron chi connectivity index (χ1n) is 10.0. The molecule has 156 valence electrons. The molecule has 0 heterocycles. The molecule has 0 saturated heterocycles. The van der Waals surface area contributed by atoms with Gasteiger partial charge in [0.05, 0.1) is 18.4 Å². The minimum Gasteiger partial charge on any atom is -0.481 e. The van der Waals surface area contributed by atoms with Crippen molar-refractivity contribution >= 4 is 17.9 Å². The molecule has 0 aromatic heterocycles. The first kappa shape index (κ1) is 25.1. The molecule has 1 aliphatic carbocycles. The van der Waals surface area contributed by atoms with Crippen LogP contribution in [0.4, 0.5) is 0 Å². The molecule has 0 aromatic rings. The van der Waals surface area contributed by atoms with E-state index in [4.69, 9.17) is 14.9 Å². The molecule has 1 fully saturated rings. The number of hydrogen-bond donors (Lipinski definition) is 2. The minimum absolute atomic E-state index is 0.296. The van der Waals surface area contributed by atoms with Gasteiger partial charge in [-0.1, -0.05) is 59.0 Å². The number of carboxylic acids is 2. The van der Waals surface area contributed by atoms with Gasteiger partial charge in [-0.25, -0.2) is 4.79 Å². The smallest absolute Gasteiger partial charge is 0.330 e. The van der Waals surface area contributed by atoms with Crippen LogP contribution in [0, 0.1) is 17.8 Å². The number of hydrogen-bond acceptors (Lipinski definition) is 4. The van der Waals surface area contributed by atoms with Crippen molar-refractivity contribution in [3.8, 4) is 0 Å². The fraction of sp³-hybridized carbons (Fsp3) is 0.762. The molecule has 0 amide bonds. The predicted octanol–water partition coefficient (Wildman–Crippen LogP) is 4.67. The van der Waals surface area contributed by atoms with Crippen molar-refractivity contribution in [2.24, 2.45) is 17.8 Å². The van der Waals surface area contributed by atoms with Crippen molar-refractivity contribution < 1.29 is 29.3 Å². The highest BCUT2D eigenvalue weighted by Crippen LogP contribution is 2.29. The first-order chi connectivity index (χ1) is 12.8. The Morgan fingerprint density at radius 1 is 1.00 bits per heavy atom. The van der Waals surface area contributed by atoms with Crippen LogP contribution in [0.1, 0.15) is 78.1 Å². The monoisotopic (exact) mass is 384 g/mol. The van der Waals surface area contributed by atoms with Crippen molar-refractivity contribution in [1.82, 2.24) is 0 Å². The quantitative estimate of drug-likeness (QED) is 0.305. The standard InChI is InChI=1S/C13H24O2.C8H12O4/c1-4-13(14)15-11-9-7-5-6-8-10-12(2)3;9-7(10)5-2-1-3-6(4-5)8(11)12/h4,12H,1,5-11H2,2-3H3;5-6H,1-4H2,(H,9,10)(H,11,12). The molecule has 0 aliphatic heterocycles. The van der Waals surface area contributed by atoms with E-state index >= 15 is 0 Å². The van der Waals surface area contributed by atoms with E-state index in [1.807, 2.05) is 0 Å². The molecule has 6 nitrogen and oxygen atoms in total. The lowest BCUT2D eigenvalue weighted by Gasteiger charge is -2.23. The summed E-state index contributed by atoms with van der Waals surface area (Å²) in [5, 5.41) is 17.3. The maximum Gasteiger partial charge on any atom is 0.330 e. The van der Waals surface area contributed by atoms with Gasteiger partial charge >= 0.3 is 17.9 Å². The first-order valence-corrected chi connectivity index (χ1v) is 10.0. The molecular weight excluding hydrogens is 348 g/mol. The number of aliphatic carboxylic acids is 2. The number of carbonyl (C=O) groups is 3. The van der Waals surface area contributed by atoms with Crippen LogP contribution in [-0.2, 0) is 19.1 Å². The van der Waals surface area contributed by atoms with Crippen molar-refractivity contribution in [3.05, 3.63) is 12.7 Å². The number of rotatable bonds is 11. The molecule has 0 aromatic carbocycles. The molecule has 6 heteroatoms. The molecule has 2 atom stereocenters. The third kappa shape index (κ3) is 13.9. The summed E-state index contributed by atoms with van der Waals surface area (Å²) in [6, 6.07) is 0. The Labute approximate surface area is 163 Å².